The van der Waals surface area contributed by atoms with Crippen LogP contribution in [-0.2, 0) is 4.79 Å². The van der Waals surface area contributed by atoms with Crippen LogP contribution in [0.5, 0.6) is 0 Å². The first-order valence-electron chi connectivity index (χ1n) is 6.03. The van der Waals surface area contributed by atoms with Crippen LogP contribution in [0.2, 0.25) is 0 Å². The summed E-state index contributed by atoms with van der Waals surface area (Å²) < 4.78 is 0. The number of hydrogen-bond acceptors (Lipinski definition) is 2. The van der Waals surface area contributed by atoms with Crippen molar-refractivity contribution in [2.45, 2.75) is 46.1 Å². The lowest BCUT2D eigenvalue weighted by Crippen LogP contribution is -2.43. The van der Waals surface area contributed by atoms with Crippen molar-refractivity contribution >= 4 is 5.97 Å². The zero-order chi connectivity index (χ0) is 11.4. The van der Waals surface area contributed by atoms with Gasteiger partial charge in [0.2, 0.25) is 0 Å². The Bertz CT molecular complexity index is 214. The maximum atomic E-state index is 10.9. The van der Waals surface area contributed by atoms with Gasteiger partial charge in [0.15, 0.2) is 0 Å². The first-order chi connectivity index (χ1) is 7.06. The van der Waals surface area contributed by atoms with Crippen LogP contribution < -0.4 is 0 Å². The summed E-state index contributed by atoms with van der Waals surface area (Å²) in [7, 11) is 0. The molecule has 1 fully saturated rings. The molecule has 3 heteroatoms. The molecule has 1 rings (SSSR count). The van der Waals surface area contributed by atoms with E-state index in [-0.39, 0.29) is 12.0 Å². The van der Waals surface area contributed by atoms with Crippen molar-refractivity contribution in [3.05, 3.63) is 0 Å². The van der Waals surface area contributed by atoms with Gasteiger partial charge in [0.05, 0.1) is 5.92 Å². The summed E-state index contributed by atoms with van der Waals surface area (Å²) in [5, 5.41) is 8.98. The lowest BCUT2D eigenvalue weighted by atomic mass is 9.84. The number of carboxylic acids is 1. The van der Waals surface area contributed by atoms with E-state index in [1.807, 2.05) is 6.92 Å². The highest BCUT2D eigenvalue weighted by atomic mass is 16.4. The van der Waals surface area contributed by atoms with Crippen LogP contribution in [0.3, 0.4) is 0 Å². The molecular weight excluding hydrogens is 190 g/mol. The fraction of sp³-hybridized carbons (Fsp3) is 0.917. The topological polar surface area (TPSA) is 40.5 Å². The molecule has 1 N–H and O–H groups in total. The van der Waals surface area contributed by atoms with Crippen molar-refractivity contribution in [3.8, 4) is 0 Å². The number of rotatable bonds is 6. The minimum absolute atomic E-state index is 0.146. The number of nitrogens with zero attached hydrogens (tertiary/aromatic N) is 1. The molecule has 1 saturated carbocycles. The predicted molar refractivity (Wildman–Crippen MR) is 60.8 cm³/mol. The predicted octanol–water partition coefficient (Wildman–Crippen LogP) is 2.22. The third kappa shape index (κ3) is 3.20. The highest BCUT2D eigenvalue weighted by molar-refractivity contribution is 5.70. The van der Waals surface area contributed by atoms with Gasteiger partial charge >= 0.3 is 5.97 Å². The average Bonchev–Trinajstić information content (AvgIpc) is 2.14. The normalized spacial score (nSPS) is 21.1. The van der Waals surface area contributed by atoms with Gasteiger partial charge in [0.25, 0.3) is 0 Å². The van der Waals surface area contributed by atoms with Crippen LogP contribution in [0.25, 0.3) is 0 Å². The lowest BCUT2D eigenvalue weighted by molar-refractivity contribution is -0.143. The van der Waals surface area contributed by atoms with Gasteiger partial charge in [-0.3, -0.25) is 9.69 Å². The first-order valence-corrected chi connectivity index (χ1v) is 6.03. The van der Waals surface area contributed by atoms with Crippen molar-refractivity contribution in [3.63, 3.8) is 0 Å². The van der Waals surface area contributed by atoms with E-state index in [1.165, 1.54) is 19.3 Å². The number of aliphatic carboxylic acids is 1. The molecule has 0 aromatic heterocycles. The smallest absolute Gasteiger partial charge is 0.307 e. The van der Waals surface area contributed by atoms with E-state index in [2.05, 4.69) is 11.8 Å². The van der Waals surface area contributed by atoms with E-state index >= 15 is 0 Å². The Kier molecular flexibility index (Phi) is 4.58. The number of carbonyl (C=O) groups is 1. The molecule has 3 nitrogen and oxygen atoms in total. The van der Waals surface area contributed by atoms with Gasteiger partial charge in [-0.05, 0) is 32.2 Å². The maximum Gasteiger partial charge on any atom is 0.307 e. The summed E-state index contributed by atoms with van der Waals surface area (Å²) in [6, 6.07) is 0.146. The van der Waals surface area contributed by atoms with Crippen LogP contribution >= 0.6 is 0 Å². The molecule has 2 unspecified atom stereocenters. The van der Waals surface area contributed by atoms with Crippen LogP contribution in [0, 0.1) is 11.8 Å². The fourth-order valence-electron chi connectivity index (χ4n) is 2.11. The zero-order valence-electron chi connectivity index (χ0n) is 10.1. The maximum absolute atomic E-state index is 10.9. The third-order valence-electron chi connectivity index (χ3n) is 3.81. The molecule has 0 amide bonds. The van der Waals surface area contributed by atoms with Gasteiger partial charge in [-0.15, -0.1) is 0 Å². The number of hydrogen-bond donors (Lipinski definition) is 1. The van der Waals surface area contributed by atoms with Crippen LogP contribution in [0.15, 0.2) is 0 Å². The molecule has 1 aliphatic carbocycles. The Morgan fingerprint density at radius 1 is 1.47 bits per heavy atom. The van der Waals surface area contributed by atoms with E-state index < -0.39 is 5.97 Å². The molecule has 0 spiro atoms. The molecule has 0 heterocycles. The summed E-state index contributed by atoms with van der Waals surface area (Å²) in [4.78, 5) is 13.2. The minimum Gasteiger partial charge on any atom is -0.481 e. The van der Waals surface area contributed by atoms with Crippen molar-refractivity contribution in [1.82, 2.24) is 4.90 Å². The zero-order valence-corrected chi connectivity index (χ0v) is 10.1. The second-order valence-electron chi connectivity index (χ2n) is 4.75. The number of carboxylic acid groups (broad SMARTS) is 1. The molecule has 15 heavy (non-hydrogen) atoms. The molecule has 0 aromatic carbocycles. The highest BCUT2D eigenvalue weighted by Gasteiger charge is 2.27. The van der Waals surface area contributed by atoms with Gasteiger partial charge in [0.1, 0.15) is 0 Å². The molecule has 2 atom stereocenters. The van der Waals surface area contributed by atoms with Crippen molar-refractivity contribution in [2.24, 2.45) is 11.8 Å². The van der Waals surface area contributed by atoms with Crippen LogP contribution in [0.4, 0.5) is 0 Å². The van der Waals surface area contributed by atoms with Gasteiger partial charge < -0.3 is 5.11 Å². The van der Waals surface area contributed by atoms with E-state index in [4.69, 9.17) is 5.11 Å². The Morgan fingerprint density at radius 3 is 2.40 bits per heavy atom. The summed E-state index contributed by atoms with van der Waals surface area (Å²) in [5.41, 5.74) is 0. The van der Waals surface area contributed by atoms with E-state index in [0.29, 0.717) is 0 Å². The summed E-state index contributed by atoms with van der Waals surface area (Å²) >= 11 is 0. The fourth-order valence-corrected chi connectivity index (χ4v) is 2.11. The molecule has 0 bridgehead atoms. The Balaban J connectivity index is 2.44. The van der Waals surface area contributed by atoms with Crippen molar-refractivity contribution in [1.29, 1.82) is 0 Å². The second kappa shape index (κ2) is 5.50. The Labute approximate surface area is 92.5 Å². The monoisotopic (exact) mass is 213 g/mol. The molecule has 0 saturated heterocycles. The summed E-state index contributed by atoms with van der Waals surface area (Å²) in [6.45, 7) is 7.98. The summed E-state index contributed by atoms with van der Waals surface area (Å²) in [5.74, 6) is -0.145. The standard InChI is InChI=1S/C12H23NO2/c1-4-13(8-11-6-5-7-11)10(3)9(2)12(14)15/h9-11H,4-8H2,1-3H3,(H,14,15). The quantitative estimate of drug-likeness (QED) is 0.735. The molecule has 88 valence electrons. The molecular formula is C12H23NO2. The highest BCUT2D eigenvalue weighted by Crippen LogP contribution is 2.28. The minimum atomic E-state index is -0.686. The van der Waals surface area contributed by atoms with Gasteiger partial charge in [-0.2, -0.15) is 0 Å². The molecule has 1 aliphatic rings. The SMILES string of the molecule is CCN(CC1CCC1)C(C)C(C)C(=O)O. The van der Waals surface area contributed by atoms with E-state index in [1.54, 1.807) is 6.92 Å². The Hall–Kier alpha value is -0.570. The Morgan fingerprint density at radius 2 is 2.07 bits per heavy atom. The van der Waals surface area contributed by atoms with Crippen molar-refractivity contribution < 1.29 is 9.90 Å². The van der Waals surface area contributed by atoms with Gasteiger partial charge in [-0.1, -0.05) is 20.3 Å². The summed E-state index contributed by atoms with van der Waals surface area (Å²) in [6.07, 6.45) is 4.00. The largest absolute Gasteiger partial charge is 0.481 e. The van der Waals surface area contributed by atoms with Crippen molar-refractivity contribution in [2.75, 3.05) is 13.1 Å². The second-order valence-corrected chi connectivity index (χ2v) is 4.75. The molecule has 0 aromatic rings. The lowest BCUT2D eigenvalue weighted by Gasteiger charge is -2.36. The van der Waals surface area contributed by atoms with Crippen LogP contribution in [-0.4, -0.2) is 35.1 Å². The van der Waals surface area contributed by atoms with E-state index in [9.17, 15) is 4.79 Å². The van der Waals surface area contributed by atoms with E-state index in [0.717, 1.165) is 19.0 Å². The van der Waals surface area contributed by atoms with Gasteiger partial charge in [0, 0.05) is 12.6 Å². The van der Waals surface area contributed by atoms with Gasteiger partial charge in [-0.25, -0.2) is 0 Å². The first kappa shape index (κ1) is 12.5. The average molecular weight is 213 g/mol. The molecule has 0 radical (unpaired) electrons. The molecule has 0 aliphatic heterocycles. The third-order valence-corrected chi connectivity index (χ3v) is 3.81. The van der Waals surface area contributed by atoms with Crippen LogP contribution in [0.1, 0.15) is 40.0 Å².